The lowest BCUT2D eigenvalue weighted by Gasteiger charge is -2.27. The topological polar surface area (TPSA) is 46.3 Å². The lowest BCUT2D eigenvalue weighted by Crippen LogP contribution is -2.42. The number of hydrogen-bond acceptors (Lipinski definition) is 2. The maximum Gasteiger partial charge on any atom is 0.254 e. The molecule has 15 heavy (non-hydrogen) atoms. The van der Waals surface area contributed by atoms with E-state index in [0.29, 0.717) is 18.1 Å². The zero-order valence-electron chi connectivity index (χ0n) is 8.27. The van der Waals surface area contributed by atoms with Gasteiger partial charge in [-0.25, -0.2) is 0 Å². The number of thiocarbonyl (C=S) groups is 1. The van der Waals surface area contributed by atoms with Crippen molar-refractivity contribution in [3.63, 3.8) is 0 Å². The summed E-state index contributed by atoms with van der Waals surface area (Å²) < 4.78 is 0. The van der Waals surface area contributed by atoms with Crippen LogP contribution in [0.4, 0.5) is 0 Å². The van der Waals surface area contributed by atoms with Crippen LogP contribution in [0, 0.1) is 0 Å². The molecule has 2 N–H and O–H groups in total. The summed E-state index contributed by atoms with van der Waals surface area (Å²) in [7, 11) is 0. The molecule has 78 valence electrons. The predicted molar refractivity (Wildman–Crippen MR) is 62.8 cm³/mol. The standard InChI is InChI=1S/C11H12N2OS/c12-10(15)7-13-6-5-8-3-1-2-4-9(8)11(13)14/h1-4H,5-7H2,(H2,12,15). The van der Waals surface area contributed by atoms with Gasteiger partial charge in [0, 0.05) is 12.1 Å². The van der Waals surface area contributed by atoms with Crippen molar-refractivity contribution in [3.8, 4) is 0 Å². The third-order valence-electron chi connectivity index (χ3n) is 2.53. The number of carbonyl (C=O) groups excluding carboxylic acids is 1. The Kier molecular flexibility index (Phi) is 2.68. The Balaban J connectivity index is 2.26. The zero-order valence-corrected chi connectivity index (χ0v) is 9.09. The summed E-state index contributed by atoms with van der Waals surface area (Å²) in [6.45, 7) is 1.08. The van der Waals surface area contributed by atoms with Crippen LogP contribution in [0.5, 0.6) is 0 Å². The molecule has 0 spiro atoms. The van der Waals surface area contributed by atoms with Crippen LogP contribution in [0.2, 0.25) is 0 Å². The van der Waals surface area contributed by atoms with Crippen LogP contribution in [0.3, 0.4) is 0 Å². The highest BCUT2D eigenvalue weighted by Gasteiger charge is 2.23. The average molecular weight is 220 g/mol. The summed E-state index contributed by atoms with van der Waals surface area (Å²) in [5, 5.41) is 0. The first-order chi connectivity index (χ1) is 7.18. The smallest absolute Gasteiger partial charge is 0.254 e. The highest BCUT2D eigenvalue weighted by molar-refractivity contribution is 7.80. The van der Waals surface area contributed by atoms with Gasteiger partial charge in [-0.3, -0.25) is 4.79 Å². The molecule has 0 radical (unpaired) electrons. The van der Waals surface area contributed by atoms with Gasteiger partial charge in [0.15, 0.2) is 0 Å². The van der Waals surface area contributed by atoms with E-state index in [4.69, 9.17) is 18.0 Å². The predicted octanol–water partition coefficient (Wildman–Crippen LogP) is 0.971. The fourth-order valence-corrected chi connectivity index (χ4v) is 1.97. The first-order valence-electron chi connectivity index (χ1n) is 4.84. The van der Waals surface area contributed by atoms with Crippen molar-refractivity contribution >= 4 is 23.1 Å². The molecule has 4 heteroatoms. The molecule has 1 aromatic rings. The van der Waals surface area contributed by atoms with E-state index in [9.17, 15) is 4.79 Å². The maximum atomic E-state index is 12.0. The van der Waals surface area contributed by atoms with Gasteiger partial charge in [0.05, 0.1) is 11.5 Å². The fraction of sp³-hybridized carbons (Fsp3) is 0.273. The lowest BCUT2D eigenvalue weighted by molar-refractivity contribution is 0.0765. The van der Waals surface area contributed by atoms with Gasteiger partial charge in [0.2, 0.25) is 0 Å². The molecule has 0 aromatic heterocycles. The molecule has 1 heterocycles. The number of nitrogens with zero attached hydrogens (tertiary/aromatic N) is 1. The Labute approximate surface area is 93.9 Å². The van der Waals surface area contributed by atoms with Crippen LogP contribution in [-0.2, 0) is 6.42 Å². The molecule has 1 aliphatic rings. The molecule has 0 saturated heterocycles. The van der Waals surface area contributed by atoms with Crippen molar-refractivity contribution in [1.82, 2.24) is 4.90 Å². The molecule has 0 unspecified atom stereocenters. The molecule has 0 aliphatic carbocycles. The highest BCUT2D eigenvalue weighted by Crippen LogP contribution is 2.17. The summed E-state index contributed by atoms with van der Waals surface area (Å²) in [6, 6.07) is 7.67. The highest BCUT2D eigenvalue weighted by atomic mass is 32.1. The second-order valence-corrected chi connectivity index (χ2v) is 4.12. The van der Waals surface area contributed by atoms with Crippen LogP contribution >= 0.6 is 12.2 Å². The second kappa shape index (κ2) is 3.98. The van der Waals surface area contributed by atoms with Crippen molar-refractivity contribution in [3.05, 3.63) is 35.4 Å². The molecule has 1 amide bonds. The number of benzene rings is 1. The van der Waals surface area contributed by atoms with Crippen molar-refractivity contribution in [2.75, 3.05) is 13.1 Å². The minimum Gasteiger partial charge on any atom is -0.392 e. The van der Waals surface area contributed by atoms with Gasteiger partial charge in [0.1, 0.15) is 0 Å². The molecule has 0 fully saturated rings. The minimum atomic E-state index is 0.0321. The first kappa shape index (κ1) is 10.1. The normalized spacial score (nSPS) is 14.9. The van der Waals surface area contributed by atoms with E-state index in [-0.39, 0.29) is 5.91 Å². The van der Waals surface area contributed by atoms with Gasteiger partial charge < -0.3 is 10.6 Å². The van der Waals surface area contributed by atoms with Crippen molar-refractivity contribution < 1.29 is 4.79 Å². The quantitative estimate of drug-likeness (QED) is 0.755. The minimum absolute atomic E-state index is 0.0321. The number of rotatable bonds is 2. The number of fused-ring (bicyclic) bond motifs is 1. The van der Waals surface area contributed by atoms with Crippen molar-refractivity contribution in [1.29, 1.82) is 0 Å². The zero-order chi connectivity index (χ0) is 10.8. The molecule has 2 rings (SSSR count). The first-order valence-corrected chi connectivity index (χ1v) is 5.25. The number of hydrogen-bond donors (Lipinski definition) is 1. The van der Waals surface area contributed by atoms with E-state index in [1.165, 1.54) is 0 Å². The van der Waals surface area contributed by atoms with E-state index in [0.717, 1.165) is 17.5 Å². The average Bonchev–Trinajstić information content (AvgIpc) is 2.22. The maximum absolute atomic E-state index is 12.0. The molecular weight excluding hydrogens is 208 g/mol. The van der Waals surface area contributed by atoms with Crippen LogP contribution in [0.1, 0.15) is 15.9 Å². The van der Waals surface area contributed by atoms with Gasteiger partial charge in [-0.15, -0.1) is 0 Å². The van der Waals surface area contributed by atoms with Gasteiger partial charge in [-0.05, 0) is 18.1 Å². The van der Waals surface area contributed by atoms with Gasteiger partial charge >= 0.3 is 0 Å². The van der Waals surface area contributed by atoms with Crippen molar-refractivity contribution in [2.45, 2.75) is 6.42 Å². The van der Waals surface area contributed by atoms with Crippen LogP contribution < -0.4 is 5.73 Å². The molecule has 1 aromatic carbocycles. The van der Waals surface area contributed by atoms with Gasteiger partial charge in [0.25, 0.3) is 5.91 Å². The lowest BCUT2D eigenvalue weighted by atomic mass is 9.99. The van der Waals surface area contributed by atoms with Gasteiger partial charge in [-0.1, -0.05) is 30.4 Å². The molecule has 0 bridgehead atoms. The Hall–Kier alpha value is -1.42. The van der Waals surface area contributed by atoms with E-state index in [1.54, 1.807) is 4.90 Å². The third-order valence-corrected chi connectivity index (χ3v) is 2.66. The second-order valence-electron chi connectivity index (χ2n) is 3.60. The van der Waals surface area contributed by atoms with E-state index >= 15 is 0 Å². The van der Waals surface area contributed by atoms with Crippen molar-refractivity contribution in [2.24, 2.45) is 5.73 Å². The van der Waals surface area contributed by atoms with Gasteiger partial charge in [-0.2, -0.15) is 0 Å². The third kappa shape index (κ3) is 1.99. The SMILES string of the molecule is NC(=S)CN1CCc2ccccc2C1=O. The summed E-state index contributed by atoms with van der Waals surface area (Å²) in [4.78, 5) is 14.0. The Morgan fingerprint density at radius 1 is 1.47 bits per heavy atom. The Morgan fingerprint density at radius 3 is 2.93 bits per heavy atom. The van der Waals surface area contributed by atoms with E-state index in [2.05, 4.69) is 0 Å². The van der Waals surface area contributed by atoms with E-state index in [1.807, 2.05) is 24.3 Å². The molecule has 0 atom stereocenters. The van der Waals surface area contributed by atoms with Crippen LogP contribution in [0.25, 0.3) is 0 Å². The number of nitrogens with two attached hydrogens (primary N) is 1. The molecular formula is C11H12N2OS. The summed E-state index contributed by atoms with van der Waals surface area (Å²) >= 11 is 4.81. The summed E-state index contributed by atoms with van der Waals surface area (Å²) in [5.41, 5.74) is 7.33. The summed E-state index contributed by atoms with van der Waals surface area (Å²) in [6.07, 6.45) is 0.879. The molecule has 0 saturated carbocycles. The molecule has 1 aliphatic heterocycles. The number of amides is 1. The van der Waals surface area contributed by atoms with E-state index < -0.39 is 0 Å². The summed E-state index contributed by atoms with van der Waals surface area (Å²) in [5.74, 6) is 0.0321. The molecule has 3 nitrogen and oxygen atoms in total. The monoisotopic (exact) mass is 220 g/mol. The van der Waals surface area contributed by atoms with Crippen LogP contribution in [-0.4, -0.2) is 28.9 Å². The Bertz CT molecular complexity index is 417. The Morgan fingerprint density at radius 2 is 2.20 bits per heavy atom. The largest absolute Gasteiger partial charge is 0.392 e. The number of carbonyl (C=O) groups is 1. The van der Waals surface area contributed by atoms with Crippen LogP contribution in [0.15, 0.2) is 24.3 Å². The fourth-order valence-electron chi connectivity index (χ4n) is 1.81.